The molecule has 0 amide bonds. The maximum absolute atomic E-state index is 12.9. The van der Waals surface area contributed by atoms with Crippen molar-refractivity contribution in [1.82, 2.24) is 4.72 Å². The van der Waals surface area contributed by atoms with E-state index in [1.807, 2.05) is 0 Å². The normalized spacial score (nSPS) is 26.8. The largest absolute Gasteiger partial charge is 0.481 e. The average molecular weight is 440 g/mol. The molecule has 3 fully saturated rings. The first-order valence-corrected chi connectivity index (χ1v) is 12.3. The Labute approximate surface area is 178 Å². The molecule has 3 saturated carbocycles. The summed E-state index contributed by atoms with van der Waals surface area (Å²) in [6.07, 6.45) is 10.6. The van der Waals surface area contributed by atoms with Crippen molar-refractivity contribution in [2.45, 2.75) is 56.8 Å². The number of aryl methyl sites for hydroxylation is 1. The number of carboxylic acid groups (broad SMARTS) is 1. The molecule has 2 bridgehead atoms. The molecule has 1 aromatic rings. The van der Waals surface area contributed by atoms with Crippen molar-refractivity contribution in [3.05, 3.63) is 40.9 Å². The Hall–Kier alpha value is -1.37. The van der Waals surface area contributed by atoms with Crippen LogP contribution >= 0.6 is 11.6 Å². The minimum Gasteiger partial charge on any atom is -0.481 e. The highest BCUT2D eigenvalue weighted by atomic mass is 35.5. The third-order valence-electron chi connectivity index (χ3n) is 6.52. The Morgan fingerprint density at radius 1 is 1.24 bits per heavy atom. The van der Waals surface area contributed by atoms with Gasteiger partial charge in [-0.2, -0.15) is 0 Å². The molecule has 0 aromatic heterocycles. The quantitative estimate of drug-likeness (QED) is 0.428. The van der Waals surface area contributed by atoms with Crippen LogP contribution in [-0.2, 0) is 14.8 Å². The summed E-state index contributed by atoms with van der Waals surface area (Å²) in [6.45, 7) is 2.20. The summed E-state index contributed by atoms with van der Waals surface area (Å²) in [5.74, 6) is 1.03. The van der Waals surface area contributed by atoms with Crippen LogP contribution in [0.25, 0.3) is 0 Å². The number of aliphatic carboxylic acids is 1. The average Bonchev–Trinajstić information content (AvgIpc) is 2.67. The van der Waals surface area contributed by atoms with Crippen molar-refractivity contribution >= 4 is 27.6 Å². The number of hydrogen-bond acceptors (Lipinski definition) is 3. The van der Waals surface area contributed by atoms with Crippen LogP contribution in [0.3, 0.4) is 0 Å². The zero-order chi connectivity index (χ0) is 21.0. The Kier molecular flexibility index (Phi) is 7.41. The predicted octanol–water partition coefficient (Wildman–Crippen LogP) is 4.79. The van der Waals surface area contributed by atoms with E-state index >= 15 is 0 Å². The molecule has 4 rings (SSSR count). The highest BCUT2D eigenvalue weighted by Crippen LogP contribution is 2.49. The topological polar surface area (TPSA) is 83.5 Å². The van der Waals surface area contributed by atoms with E-state index in [-0.39, 0.29) is 11.3 Å². The summed E-state index contributed by atoms with van der Waals surface area (Å²) in [5.41, 5.74) is 0.644. The predicted molar refractivity (Wildman–Crippen MR) is 114 cm³/mol. The third kappa shape index (κ3) is 5.62. The molecular weight excluding hydrogens is 410 g/mol. The second-order valence-electron chi connectivity index (χ2n) is 8.39. The van der Waals surface area contributed by atoms with Crippen molar-refractivity contribution < 1.29 is 18.3 Å². The van der Waals surface area contributed by atoms with Gasteiger partial charge in [0.15, 0.2) is 0 Å². The number of nitrogens with one attached hydrogen (secondary N) is 1. The Bertz CT molecular complexity index is 860. The number of allylic oxidation sites excluding steroid dienone is 2. The number of rotatable bonds is 9. The van der Waals surface area contributed by atoms with E-state index in [1.54, 1.807) is 25.1 Å². The monoisotopic (exact) mass is 439 g/mol. The first-order valence-electron chi connectivity index (χ1n) is 10.4. The maximum atomic E-state index is 12.9. The fourth-order valence-electron chi connectivity index (χ4n) is 5.05. The zero-order valence-electron chi connectivity index (χ0n) is 16.8. The minimum atomic E-state index is -3.58. The number of sulfonamides is 1. The summed E-state index contributed by atoms with van der Waals surface area (Å²) >= 11 is 5.96. The zero-order valence-corrected chi connectivity index (χ0v) is 18.4. The van der Waals surface area contributed by atoms with Gasteiger partial charge in [-0.15, -0.1) is 0 Å². The Morgan fingerprint density at radius 2 is 1.93 bits per heavy atom. The molecule has 2 N–H and O–H groups in total. The van der Waals surface area contributed by atoms with Crippen LogP contribution in [0.15, 0.2) is 35.2 Å². The molecule has 3 aliphatic rings. The second kappa shape index (κ2) is 9.63. The molecule has 3 aliphatic carbocycles. The van der Waals surface area contributed by atoms with Crippen LogP contribution in [0, 0.1) is 30.6 Å². The molecule has 0 radical (unpaired) electrons. The molecule has 0 saturated heterocycles. The van der Waals surface area contributed by atoms with Gasteiger partial charge in [0.2, 0.25) is 10.0 Å². The van der Waals surface area contributed by atoms with Crippen molar-refractivity contribution in [2.75, 3.05) is 6.54 Å². The molecule has 7 heteroatoms. The van der Waals surface area contributed by atoms with Crippen LogP contribution in [0.1, 0.15) is 50.5 Å². The van der Waals surface area contributed by atoms with Gasteiger partial charge < -0.3 is 5.11 Å². The molecule has 5 nitrogen and oxygen atoms in total. The van der Waals surface area contributed by atoms with Gasteiger partial charge in [-0.3, -0.25) is 4.79 Å². The molecule has 1 aromatic carbocycles. The van der Waals surface area contributed by atoms with E-state index in [1.165, 1.54) is 25.7 Å². The lowest BCUT2D eigenvalue weighted by Crippen LogP contribution is -2.45. The summed E-state index contributed by atoms with van der Waals surface area (Å²) in [5, 5.41) is 9.29. The van der Waals surface area contributed by atoms with E-state index < -0.39 is 16.0 Å². The van der Waals surface area contributed by atoms with Gasteiger partial charge in [0.25, 0.3) is 0 Å². The Morgan fingerprint density at radius 3 is 2.59 bits per heavy atom. The smallest absolute Gasteiger partial charge is 0.303 e. The lowest BCUT2D eigenvalue weighted by molar-refractivity contribution is -0.137. The molecule has 2 atom stereocenters. The lowest BCUT2D eigenvalue weighted by atomic mass is 9.58. The number of benzene rings is 1. The van der Waals surface area contributed by atoms with Crippen LogP contribution in [0.2, 0.25) is 5.02 Å². The molecule has 0 heterocycles. The van der Waals surface area contributed by atoms with E-state index in [4.69, 9.17) is 16.7 Å². The fourth-order valence-corrected chi connectivity index (χ4v) is 6.57. The molecule has 0 aliphatic heterocycles. The van der Waals surface area contributed by atoms with Crippen LogP contribution in [-0.4, -0.2) is 26.0 Å². The molecule has 1 unspecified atom stereocenters. The fraction of sp³-hybridized carbons (Fsp3) is 0.591. The van der Waals surface area contributed by atoms with Gasteiger partial charge >= 0.3 is 5.97 Å². The van der Waals surface area contributed by atoms with Crippen molar-refractivity contribution in [1.29, 1.82) is 0 Å². The number of hydrogen-bond donors (Lipinski definition) is 2. The summed E-state index contributed by atoms with van der Waals surface area (Å²) < 4.78 is 28.6. The van der Waals surface area contributed by atoms with E-state index in [9.17, 15) is 13.2 Å². The first kappa shape index (κ1) is 22.3. The lowest BCUT2D eigenvalue weighted by Gasteiger charge is -2.48. The van der Waals surface area contributed by atoms with Crippen molar-refractivity contribution in [2.24, 2.45) is 23.7 Å². The SMILES string of the molecule is Cc1cc(Cl)ccc1S(=O)(=O)NC[C@H]1C2CCC(CC2)C1/C=C\CCCC(=O)O. The summed E-state index contributed by atoms with van der Waals surface area (Å²) in [4.78, 5) is 10.9. The number of unbranched alkanes of at least 4 members (excludes halogenated alkanes) is 1. The Balaban J connectivity index is 1.66. The number of fused-ring (bicyclic) bond motifs is 3. The van der Waals surface area contributed by atoms with Crippen LogP contribution in [0.5, 0.6) is 0 Å². The third-order valence-corrected chi connectivity index (χ3v) is 8.33. The van der Waals surface area contributed by atoms with E-state index in [0.29, 0.717) is 47.2 Å². The van der Waals surface area contributed by atoms with E-state index in [2.05, 4.69) is 16.9 Å². The van der Waals surface area contributed by atoms with Gasteiger partial charge in [-0.05, 0) is 92.9 Å². The summed E-state index contributed by atoms with van der Waals surface area (Å²) in [6, 6.07) is 4.84. The van der Waals surface area contributed by atoms with Gasteiger partial charge in [-0.25, -0.2) is 13.1 Å². The highest BCUT2D eigenvalue weighted by Gasteiger charge is 2.42. The highest BCUT2D eigenvalue weighted by molar-refractivity contribution is 7.89. The number of carboxylic acids is 1. The standard InChI is InChI=1S/C22H30ClNO4S/c1-15-13-18(23)11-12-21(15)29(27,28)24-14-20-17-9-7-16(8-10-17)19(20)5-3-2-4-6-22(25)26/h3,5,11-13,16-17,19-20,24H,2,4,6-10,14H2,1H3,(H,25,26)/b5-3-/t16?,17?,19?,20-/m0/s1. The van der Waals surface area contributed by atoms with E-state index in [0.717, 1.165) is 6.42 Å². The van der Waals surface area contributed by atoms with Gasteiger partial charge in [0, 0.05) is 18.0 Å². The molecule has 160 valence electrons. The van der Waals surface area contributed by atoms with Crippen molar-refractivity contribution in [3.8, 4) is 0 Å². The van der Waals surface area contributed by atoms with Crippen LogP contribution in [0.4, 0.5) is 0 Å². The van der Waals surface area contributed by atoms with Gasteiger partial charge in [-0.1, -0.05) is 23.8 Å². The summed E-state index contributed by atoms with van der Waals surface area (Å²) in [7, 11) is -3.58. The van der Waals surface area contributed by atoms with Gasteiger partial charge in [0.1, 0.15) is 0 Å². The molecule has 29 heavy (non-hydrogen) atoms. The minimum absolute atomic E-state index is 0.185. The maximum Gasteiger partial charge on any atom is 0.303 e. The van der Waals surface area contributed by atoms with Gasteiger partial charge in [0.05, 0.1) is 4.90 Å². The second-order valence-corrected chi connectivity index (χ2v) is 10.6. The first-order chi connectivity index (χ1) is 13.8. The molecular formula is C22H30ClNO4S. The van der Waals surface area contributed by atoms with Crippen LogP contribution < -0.4 is 4.72 Å². The van der Waals surface area contributed by atoms with Crippen molar-refractivity contribution in [3.63, 3.8) is 0 Å². The molecule has 0 spiro atoms. The number of halogens is 1. The number of carbonyl (C=O) groups is 1.